The number of nitrogens with zero attached hydrogens (tertiary/aromatic N) is 13. The van der Waals surface area contributed by atoms with Crippen LogP contribution in [0.4, 0.5) is 53.4 Å². The van der Waals surface area contributed by atoms with E-state index in [2.05, 4.69) is 98.3 Å². The molecule has 786 valence electrons. The van der Waals surface area contributed by atoms with Crippen molar-refractivity contribution >= 4 is 188 Å². The normalized spacial score (nSPS) is 21.7. The van der Waals surface area contributed by atoms with E-state index in [4.69, 9.17) is 57.0 Å². The van der Waals surface area contributed by atoms with Crippen molar-refractivity contribution in [2.45, 2.75) is 138 Å². The summed E-state index contributed by atoms with van der Waals surface area (Å²) in [5, 5.41) is 44.7. The molecular formula is C95H91Br2Cl2F11N18O15S5. The van der Waals surface area contributed by atoms with Gasteiger partial charge in [0.2, 0.25) is 5.91 Å². The lowest BCUT2D eigenvalue weighted by atomic mass is 9.94. The number of likely N-dealkylation sites (tertiary alicyclic amines) is 4. The number of ether oxygens (including phenoxy) is 5. The SMILES string of the molecule is CCOC(=O)C1=C(CN2CC(F)(F)C[C@@H]2CCC(=O)O)NC(c2nccs2)=N[C@H]1c1ccccc1Cl.CCOC(=O)C1=C(CN2CC(F)(F)C[C@H]2C(=O)Nc2nccs2)NC(c2nccs2)=NC1c1ccc(F)cc1Cl.COC(=O)C1=C(CN2CC(F)(F)C[C@H]2C(=O)OC)NC(c2nccs2)=NC1c1ccc(F)cc1Br.COC(=O)C1=C(CN2CC(F)(F)C[C@H]2CC(C)C(=O)O)NC(c2nccs2)=N[C@H]1c1ccc(F)cc1Br. The molecule has 4 aromatic carbocycles. The number of hydrogen-bond acceptors (Lipinski definition) is 35. The van der Waals surface area contributed by atoms with Crippen molar-refractivity contribution in [1.82, 2.24) is 65.8 Å². The summed E-state index contributed by atoms with van der Waals surface area (Å²) in [6.07, 6.45) is 5.30. The highest BCUT2D eigenvalue weighted by Gasteiger charge is 2.54. The molecule has 0 saturated carbocycles. The van der Waals surface area contributed by atoms with Crippen LogP contribution in [0.2, 0.25) is 10.0 Å². The summed E-state index contributed by atoms with van der Waals surface area (Å²) >= 11 is 25.9. The Morgan fingerprint density at radius 3 is 1.20 bits per heavy atom. The Balaban J connectivity index is 0.000000156. The molecule has 0 spiro atoms. The predicted molar refractivity (Wildman–Crippen MR) is 535 cm³/mol. The van der Waals surface area contributed by atoms with Gasteiger partial charge in [0.05, 0.1) is 95.0 Å². The minimum absolute atomic E-state index is 0.00459. The maximum atomic E-state index is 14.7. The Hall–Kier alpha value is -11.8. The summed E-state index contributed by atoms with van der Waals surface area (Å²) < 4.78 is 184. The molecule has 0 radical (unpaired) electrons. The quantitative estimate of drug-likeness (QED) is 0.0120. The smallest absolute Gasteiger partial charge is 0.338 e. The highest BCUT2D eigenvalue weighted by Crippen LogP contribution is 2.47. The molecular weight excluding hydrogens is 2230 g/mol. The molecule has 8 aliphatic rings. The zero-order valence-electron chi connectivity index (χ0n) is 78.7. The fraction of sp³-hybridized carbons (Fsp3) is 0.379. The minimum Gasteiger partial charge on any atom is -0.481 e. The number of aromatic nitrogens is 5. The summed E-state index contributed by atoms with van der Waals surface area (Å²) in [5.41, 5.74) is 3.10. The van der Waals surface area contributed by atoms with Gasteiger partial charge in [-0.05, 0) is 80.3 Å². The lowest BCUT2D eigenvalue weighted by Gasteiger charge is -2.31. The molecule has 9 aromatic rings. The number of esters is 5. The van der Waals surface area contributed by atoms with Gasteiger partial charge in [-0.15, -0.1) is 56.7 Å². The van der Waals surface area contributed by atoms with Gasteiger partial charge in [0.15, 0.2) is 48.5 Å². The number of hydrogen-bond donors (Lipinski definition) is 7. The van der Waals surface area contributed by atoms with Crippen LogP contribution in [-0.2, 0) is 62.0 Å². The van der Waals surface area contributed by atoms with Gasteiger partial charge in [-0.2, -0.15) is 0 Å². The fourth-order valence-electron chi connectivity index (χ4n) is 17.7. The van der Waals surface area contributed by atoms with Gasteiger partial charge in [-0.1, -0.05) is 98.4 Å². The van der Waals surface area contributed by atoms with Crippen LogP contribution in [0, 0.1) is 23.4 Å². The van der Waals surface area contributed by atoms with E-state index in [-0.39, 0.29) is 114 Å². The first kappa shape index (κ1) is 112. The van der Waals surface area contributed by atoms with Crippen molar-refractivity contribution in [2.75, 3.05) is 92.2 Å². The summed E-state index contributed by atoms with van der Waals surface area (Å²) in [6.45, 7) is 1.68. The predicted octanol–water partition coefficient (Wildman–Crippen LogP) is 16.8. The topological polar surface area (TPSA) is 410 Å². The number of thiazole rings is 5. The number of halogens is 15. The summed E-state index contributed by atoms with van der Waals surface area (Å²) in [5.74, 6) is -19.9. The molecule has 3 unspecified atom stereocenters. The van der Waals surface area contributed by atoms with E-state index in [1.165, 1.54) is 141 Å². The van der Waals surface area contributed by atoms with E-state index in [0.717, 1.165) is 24.5 Å². The molecule has 4 saturated heterocycles. The number of aliphatic imine (C=N–C) groups is 4. The number of alkyl halides is 8. The van der Waals surface area contributed by atoms with Gasteiger partial charge >= 0.3 is 41.8 Å². The number of amidine groups is 4. The summed E-state index contributed by atoms with van der Waals surface area (Å²) in [4.78, 5) is 146. The Morgan fingerprint density at radius 1 is 0.459 bits per heavy atom. The Labute approximate surface area is 884 Å². The number of nitrogens with one attached hydrogen (secondary N) is 5. The molecule has 13 heterocycles. The van der Waals surface area contributed by atoms with Crippen molar-refractivity contribution in [3.8, 4) is 0 Å². The van der Waals surface area contributed by atoms with E-state index in [0.29, 0.717) is 79.5 Å². The number of rotatable bonds is 31. The van der Waals surface area contributed by atoms with E-state index in [1.54, 1.807) is 89.8 Å². The maximum absolute atomic E-state index is 14.7. The third-order valence-electron chi connectivity index (χ3n) is 24.1. The number of anilines is 1. The van der Waals surface area contributed by atoms with Crippen LogP contribution in [0.25, 0.3) is 0 Å². The van der Waals surface area contributed by atoms with Gasteiger partial charge < -0.3 is 60.5 Å². The van der Waals surface area contributed by atoms with E-state index in [9.17, 15) is 91.8 Å². The van der Waals surface area contributed by atoms with Crippen LogP contribution in [0.15, 0.2) is 211 Å². The van der Waals surface area contributed by atoms with Gasteiger partial charge in [0.1, 0.15) is 47.7 Å². The zero-order valence-corrected chi connectivity index (χ0v) is 87.5. The molecule has 53 heteroatoms. The van der Waals surface area contributed by atoms with Gasteiger partial charge in [-0.3, -0.25) is 58.7 Å². The second-order valence-electron chi connectivity index (χ2n) is 34.3. The number of carboxylic acids is 2. The van der Waals surface area contributed by atoms with Crippen LogP contribution < -0.4 is 26.6 Å². The highest BCUT2D eigenvalue weighted by molar-refractivity contribution is 9.10. The number of aliphatic carboxylic acids is 2. The van der Waals surface area contributed by atoms with E-state index >= 15 is 0 Å². The molecule has 4 fully saturated rings. The highest BCUT2D eigenvalue weighted by atomic mass is 79.9. The molecule has 7 N–H and O–H groups in total. The number of benzene rings is 4. The van der Waals surface area contributed by atoms with Gasteiger partial charge in [0, 0.05) is 181 Å². The Kier molecular flexibility index (Phi) is 37.0. The van der Waals surface area contributed by atoms with Crippen molar-refractivity contribution in [2.24, 2.45) is 25.9 Å². The molecule has 9 atom stereocenters. The third-order valence-corrected chi connectivity index (χ3v) is 30.0. The first-order chi connectivity index (χ1) is 70.4. The van der Waals surface area contributed by atoms with Crippen LogP contribution in [0.1, 0.15) is 132 Å². The second-order valence-corrected chi connectivity index (χ2v) is 41.3. The van der Waals surface area contributed by atoms with Crippen LogP contribution >= 0.6 is 112 Å². The molecule has 17 rings (SSSR count). The molecule has 5 aromatic heterocycles. The standard InChI is InChI=1S/C25H22ClF3N6O3S2.C24H24BrF3N4O4S.C24H25ClF2N4O4S.C22H20BrF3N4O4S/c1-2-38-23(37)18-16(11-35-12-25(28,29)10-17(35)21(36)34-24-31-6-8-40-24)32-20(22-30-5-7-39-22)33-19(18)14-4-3-13(27)9-15(14)26;1-12(22(33)34)7-14-9-24(27,28)11-32(14)10-17-18(23(35)36-2)19(15-4-3-13(26)8-16(15)25)31-20(30-17)21-29-5-6-37-21;1-2-35-23(34)19-17(12-31-13-24(26,27)11-14(31)7-8-18(32)33)29-21(22-28-9-10-36-22)30-20(19)15-5-3-4-6-16(15)25;1-33-20(31)15-8-22(25,26)10-30(15)9-14-16(21(32)34-2)17(12-4-3-11(24)7-13(12)23)29-18(28-14)19-27-5-6-35-19/h3-9,17,19H,2,10-12H2,1H3,(H,32,33)(H,31,34,36);3-6,8,12,14,19H,7,9-11H2,1-2H3,(H,30,31)(H,33,34);3-6,9-10,14,20H,2,7-8,11-13H2,1H3,(H,29,30)(H,32,33);3-7,15,17H,8-10H2,1-2H3,(H,28,29)/t17-,19?;12?,14-,19+;14-,20-;15-,17?/m0100/s1. The average molecular weight is 2320 g/mol. The fourth-order valence-corrected chi connectivity index (χ4v) is 22.2. The summed E-state index contributed by atoms with van der Waals surface area (Å²) in [6, 6.07) is 10.9. The zero-order chi connectivity index (χ0) is 107. The average Bonchev–Trinajstić information content (AvgIpc) is 1.31. The first-order valence-electron chi connectivity index (χ1n) is 45.2. The van der Waals surface area contributed by atoms with Crippen molar-refractivity contribution in [3.05, 3.63) is 261 Å². The first-order valence-corrected chi connectivity index (χ1v) is 51.9. The van der Waals surface area contributed by atoms with Crippen molar-refractivity contribution in [1.29, 1.82) is 0 Å². The van der Waals surface area contributed by atoms with Crippen LogP contribution in [0.5, 0.6) is 0 Å². The van der Waals surface area contributed by atoms with Crippen LogP contribution in [0.3, 0.4) is 0 Å². The monoisotopic (exact) mass is 2320 g/mol. The Morgan fingerprint density at radius 2 is 0.818 bits per heavy atom. The number of carbonyl (C=O) groups is 8. The van der Waals surface area contributed by atoms with Crippen molar-refractivity contribution < 1.29 is 121 Å². The van der Waals surface area contributed by atoms with E-state index < -0.39 is 195 Å². The number of amides is 1. The molecule has 0 aliphatic carbocycles. The van der Waals surface area contributed by atoms with E-state index in [1.807, 2.05) is 0 Å². The van der Waals surface area contributed by atoms with Crippen LogP contribution in [-0.4, -0.2) is 261 Å². The number of methoxy groups -OCH3 is 3. The molecule has 8 aliphatic heterocycles. The Bertz CT molecular complexity index is 6680. The number of carboxylic acid groups (broad SMARTS) is 2. The lowest BCUT2D eigenvalue weighted by Crippen LogP contribution is -2.45. The molecule has 1 amide bonds. The third kappa shape index (κ3) is 27.5. The molecule has 148 heavy (non-hydrogen) atoms. The molecule has 33 nitrogen and oxygen atoms in total. The molecule has 0 bridgehead atoms. The maximum Gasteiger partial charge on any atom is 0.338 e. The van der Waals surface area contributed by atoms with Gasteiger partial charge in [-0.25, -0.2) is 92.4 Å². The lowest BCUT2D eigenvalue weighted by molar-refractivity contribution is -0.146. The van der Waals surface area contributed by atoms with Gasteiger partial charge in [0.25, 0.3) is 23.7 Å². The minimum atomic E-state index is -3.16. The largest absolute Gasteiger partial charge is 0.481 e. The number of carbonyl (C=O) groups excluding carboxylic acids is 6. The van der Waals surface area contributed by atoms with Crippen molar-refractivity contribution in [3.63, 3.8) is 0 Å². The summed E-state index contributed by atoms with van der Waals surface area (Å²) in [7, 11) is 3.51. The second kappa shape index (κ2) is 48.9.